The number of nitrogens with zero attached hydrogens (tertiary/aromatic N) is 1. The Kier molecular flexibility index (Phi) is 7.91. The zero-order chi connectivity index (χ0) is 33.5. The molecule has 3 saturated carbocycles. The van der Waals surface area contributed by atoms with Gasteiger partial charge in [-0.3, -0.25) is 4.79 Å². The summed E-state index contributed by atoms with van der Waals surface area (Å²) in [5.41, 5.74) is -3.86. The predicted octanol–water partition coefficient (Wildman–Crippen LogP) is 7.31. The average Bonchev–Trinajstić information content (AvgIpc) is 3.26. The van der Waals surface area contributed by atoms with Gasteiger partial charge in [0, 0.05) is 40.0 Å². The number of urea groups is 1. The number of halogens is 3. The van der Waals surface area contributed by atoms with Crippen LogP contribution in [0.5, 0.6) is 0 Å². The van der Waals surface area contributed by atoms with Crippen LogP contribution in [0.3, 0.4) is 0 Å². The van der Waals surface area contributed by atoms with Crippen molar-refractivity contribution in [2.75, 3.05) is 13.1 Å². The second-order valence-electron chi connectivity index (χ2n) is 15.7. The van der Waals surface area contributed by atoms with Crippen molar-refractivity contribution in [1.82, 2.24) is 10.2 Å². The molecule has 2 bridgehead atoms. The molecular weight excluding hydrogens is 593 g/mol. The second kappa shape index (κ2) is 10.9. The molecule has 3 N–H and O–H groups in total. The number of carbonyl (C=O) groups is 2. The van der Waals surface area contributed by atoms with Crippen LogP contribution in [0.2, 0.25) is 0 Å². The number of nitrogens with one attached hydrogen (secondary N) is 1. The molecule has 1 unspecified atom stereocenters. The van der Waals surface area contributed by atoms with E-state index in [9.17, 15) is 33.0 Å². The van der Waals surface area contributed by atoms with Gasteiger partial charge in [0.1, 0.15) is 0 Å². The minimum Gasteiger partial charge on any atom is -0.393 e. The van der Waals surface area contributed by atoms with Crippen molar-refractivity contribution in [2.45, 2.75) is 110 Å². The van der Waals surface area contributed by atoms with Crippen LogP contribution in [0.4, 0.5) is 18.0 Å². The summed E-state index contributed by atoms with van der Waals surface area (Å²) in [6.07, 6.45) is 6.39. The van der Waals surface area contributed by atoms with E-state index >= 15 is 0 Å². The molecule has 6 nitrogen and oxygen atoms in total. The van der Waals surface area contributed by atoms with Crippen molar-refractivity contribution in [3.05, 3.63) is 59.2 Å². The van der Waals surface area contributed by atoms with Gasteiger partial charge in [-0.1, -0.05) is 51.1 Å². The van der Waals surface area contributed by atoms with E-state index in [0.717, 1.165) is 31.4 Å². The van der Waals surface area contributed by atoms with E-state index in [2.05, 4.69) is 31.3 Å². The molecule has 0 heterocycles. The van der Waals surface area contributed by atoms with Gasteiger partial charge in [0.15, 0.2) is 5.78 Å². The number of hydrogen-bond donors (Lipinski definition) is 3. The molecule has 2 spiro atoms. The Morgan fingerprint density at radius 2 is 1.72 bits per heavy atom. The summed E-state index contributed by atoms with van der Waals surface area (Å²) in [5.74, 6) is -0.561. The van der Waals surface area contributed by atoms with E-state index in [4.69, 9.17) is 0 Å². The van der Waals surface area contributed by atoms with Crippen molar-refractivity contribution >= 4 is 11.8 Å². The Bertz CT molecular complexity index is 1470. The highest BCUT2D eigenvalue weighted by atomic mass is 19.4. The minimum absolute atomic E-state index is 0.00428. The molecule has 6 aliphatic carbocycles. The Hall–Kier alpha value is -2.65. The molecule has 8 atom stereocenters. The molecule has 0 aromatic heterocycles. The molecular formula is C37H49F3N2O4. The smallest absolute Gasteiger partial charge is 0.393 e. The number of ketones is 1. The standard InChI is InChI=1S/C37H49F3N2O4/c1-6-18-42(31(45)41-23(2)3)22-35(46)15-12-29-33(35,5)14-11-28-32(4)13-10-26(43)20-34(32)16-17-36(28,29)27(21-34)30(44)24-8-7-9-25(19-24)37(38,39)40/h7-9,16-17,19,21,23,26,28-29,43,46H,6,10-15,18,20,22H2,1-5H3,(H,41,45)/t26?,28-,29-,32-,33+,34+,35-,36-/m1/s1. The van der Waals surface area contributed by atoms with Gasteiger partial charge in [-0.2, -0.15) is 13.2 Å². The van der Waals surface area contributed by atoms with Gasteiger partial charge in [-0.05, 0) is 94.6 Å². The molecule has 6 aliphatic rings. The Labute approximate surface area is 270 Å². The lowest BCUT2D eigenvalue weighted by atomic mass is 9.32. The molecule has 2 amide bonds. The Morgan fingerprint density at radius 1 is 1.04 bits per heavy atom. The number of benzene rings is 1. The molecule has 0 saturated heterocycles. The molecule has 0 radical (unpaired) electrons. The van der Waals surface area contributed by atoms with Crippen LogP contribution in [-0.4, -0.2) is 57.8 Å². The summed E-state index contributed by atoms with van der Waals surface area (Å²) in [4.78, 5) is 29.6. The summed E-state index contributed by atoms with van der Waals surface area (Å²) in [6.45, 7) is 10.9. The van der Waals surface area contributed by atoms with Crippen molar-refractivity contribution in [2.24, 2.45) is 33.5 Å². The van der Waals surface area contributed by atoms with Crippen LogP contribution in [0.1, 0.15) is 102 Å². The van der Waals surface area contributed by atoms with E-state index in [1.54, 1.807) is 4.90 Å². The fourth-order valence-electron chi connectivity index (χ4n) is 10.8. The zero-order valence-electron chi connectivity index (χ0n) is 27.7. The van der Waals surface area contributed by atoms with Gasteiger partial charge in [-0.15, -0.1) is 0 Å². The van der Waals surface area contributed by atoms with E-state index < -0.39 is 45.5 Å². The molecule has 7 rings (SSSR count). The number of hydrogen-bond acceptors (Lipinski definition) is 4. The highest BCUT2D eigenvalue weighted by molar-refractivity contribution is 6.10. The highest BCUT2D eigenvalue weighted by Gasteiger charge is 2.74. The molecule has 3 fully saturated rings. The molecule has 9 heteroatoms. The first-order valence-corrected chi connectivity index (χ1v) is 17.1. The maximum Gasteiger partial charge on any atom is 0.416 e. The number of amides is 2. The first-order chi connectivity index (χ1) is 21.5. The molecule has 46 heavy (non-hydrogen) atoms. The lowest BCUT2D eigenvalue weighted by Gasteiger charge is -2.71. The third-order valence-corrected chi connectivity index (χ3v) is 13.1. The third kappa shape index (κ3) is 4.65. The number of alkyl halides is 3. The van der Waals surface area contributed by atoms with Crippen molar-refractivity contribution < 1.29 is 33.0 Å². The first kappa shape index (κ1) is 33.3. The van der Waals surface area contributed by atoms with E-state index in [-0.39, 0.29) is 41.4 Å². The highest BCUT2D eigenvalue weighted by Crippen LogP contribution is 2.78. The monoisotopic (exact) mass is 642 g/mol. The summed E-state index contributed by atoms with van der Waals surface area (Å²) in [7, 11) is 0. The number of rotatable bonds is 7. The summed E-state index contributed by atoms with van der Waals surface area (Å²) >= 11 is 0. The Balaban J connectivity index is 1.47. The number of allylic oxidation sites excluding steroid dienone is 4. The van der Waals surface area contributed by atoms with Crippen molar-refractivity contribution in [1.29, 1.82) is 0 Å². The van der Waals surface area contributed by atoms with Crippen LogP contribution in [0, 0.1) is 33.5 Å². The average molecular weight is 643 g/mol. The summed E-state index contributed by atoms with van der Waals surface area (Å²) < 4.78 is 41.3. The summed E-state index contributed by atoms with van der Waals surface area (Å²) in [5, 5.41) is 26.5. The van der Waals surface area contributed by atoms with Gasteiger partial charge in [0.2, 0.25) is 0 Å². The quantitative estimate of drug-likeness (QED) is 0.215. The third-order valence-electron chi connectivity index (χ3n) is 13.1. The number of fused-ring (bicyclic) bond motifs is 1. The van der Waals surface area contributed by atoms with Gasteiger partial charge in [-0.25, -0.2) is 4.79 Å². The lowest BCUT2D eigenvalue weighted by molar-refractivity contribution is -0.174. The largest absolute Gasteiger partial charge is 0.416 e. The van der Waals surface area contributed by atoms with Gasteiger partial charge < -0.3 is 20.4 Å². The predicted molar refractivity (Wildman–Crippen MR) is 170 cm³/mol. The van der Waals surface area contributed by atoms with E-state index in [0.29, 0.717) is 44.2 Å². The maximum atomic E-state index is 14.6. The number of carbonyl (C=O) groups excluding carboxylic acids is 2. The lowest BCUT2D eigenvalue weighted by Crippen LogP contribution is -2.67. The van der Waals surface area contributed by atoms with Crippen LogP contribution >= 0.6 is 0 Å². The van der Waals surface area contributed by atoms with Gasteiger partial charge in [0.05, 0.1) is 23.8 Å². The molecule has 252 valence electrons. The van der Waals surface area contributed by atoms with Crippen LogP contribution in [0.25, 0.3) is 0 Å². The first-order valence-electron chi connectivity index (χ1n) is 17.1. The van der Waals surface area contributed by atoms with Crippen LogP contribution in [-0.2, 0) is 6.18 Å². The van der Waals surface area contributed by atoms with Crippen LogP contribution < -0.4 is 5.32 Å². The zero-order valence-corrected chi connectivity index (χ0v) is 27.7. The minimum atomic E-state index is -4.58. The molecule has 1 aromatic carbocycles. The second-order valence-corrected chi connectivity index (χ2v) is 15.7. The van der Waals surface area contributed by atoms with E-state index in [1.165, 1.54) is 12.1 Å². The summed E-state index contributed by atoms with van der Waals surface area (Å²) in [6, 6.07) is 4.43. The SMILES string of the molecule is CCCN(C[C@]1(O)CC[C@H]2[C@]34C=C[C@@]5(C=C3C(=O)c3cccc(C(F)(F)F)c3)CC(O)CC[C@]5(C)[C@H]4CC[C@@]21C)C(=O)NC(C)C. The maximum absolute atomic E-state index is 14.6. The van der Waals surface area contributed by atoms with Crippen molar-refractivity contribution in [3.8, 4) is 0 Å². The van der Waals surface area contributed by atoms with Crippen LogP contribution in [0.15, 0.2) is 48.1 Å². The van der Waals surface area contributed by atoms with E-state index in [1.807, 2.05) is 26.8 Å². The van der Waals surface area contributed by atoms with Gasteiger partial charge in [0.25, 0.3) is 0 Å². The normalized spacial score (nSPS) is 39.4. The fourth-order valence-corrected chi connectivity index (χ4v) is 10.8. The number of Topliss-reactive ketones (excluding diaryl/α,β-unsaturated/α-hetero) is 1. The van der Waals surface area contributed by atoms with Gasteiger partial charge >= 0.3 is 12.2 Å². The number of aliphatic hydroxyl groups excluding tert-OH is 1. The fraction of sp³-hybridized carbons (Fsp3) is 0.676. The van der Waals surface area contributed by atoms with Crippen molar-refractivity contribution in [3.63, 3.8) is 0 Å². The number of aliphatic hydroxyl groups is 2. The molecule has 1 aromatic rings. The molecule has 0 aliphatic heterocycles. The topological polar surface area (TPSA) is 89.9 Å². The Morgan fingerprint density at radius 3 is 2.39 bits per heavy atom.